The van der Waals surface area contributed by atoms with Crippen LogP contribution in [0.3, 0.4) is 0 Å². The smallest absolute Gasteiger partial charge is 0.186 e. The Hall–Kier alpha value is -1.58. The number of fused-ring (bicyclic) bond motifs is 1. The first-order chi connectivity index (χ1) is 11.0. The maximum atomic E-state index is 11.2. The molecule has 3 rings (SSSR count). The van der Waals surface area contributed by atoms with Crippen molar-refractivity contribution in [1.29, 1.82) is 0 Å². The van der Waals surface area contributed by atoms with Crippen LogP contribution in [0.2, 0.25) is 10.0 Å². The lowest BCUT2D eigenvalue weighted by Gasteiger charge is -2.00. The predicted octanol–water partition coefficient (Wildman–Crippen LogP) is 5.30. The van der Waals surface area contributed by atoms with Gasteiger partial charge in [0, 0.05) is 5.39 Å². The van der Waals surface area contributed by atoms with E-state index in [2.05, 4.69) is 14.6 Å². The molecule has 0 bridgehead atoms. The van der Waals surface area contributed by atoms with Gasteiger partial charge >= 0.3 is 0 Å². The summed E-state index contributed by atoms with van der Waals surface area (Å²) in [6.07, 6.45) is 0. The van der Waals surface area contributed by atoms with Gasteiger partial charge in [-0.2, -0.15) is 4.37 Å². The summed E-state index contributed by atoms with van der Waals surface area (Å²) in [5.74, 6) is -0.217. The molecule has 0 fully saturated rings. The van der Waals surface area contributed by atoms with E-state index in [9.17, 15) is 9.32 Å². The molecule has 0 aliphatic rings. The second-order valence-electron chi connectivity index (χ2n) is 4.37. The van der Waals surface area contributed by atoms with Gasteiger partial charge in [0.1, 0.15) is 0 Å². The first kappa shape index (κ1) is 16.3. The zero-order chi connectivity index (χ0) is 16.6. The van der Waals surface area contributed by atoms with E-state index in [1.807, 2.05) is 0 Å². The molecule has 1 atom stereocenters. The third-order valence-electron chi connectivity index (χ3n) is 2.89. The number of hydrogen-bond donors (Lipinski definition) is 2. The lowest BCUT2D eigenvalue weighted by atomic mass is 10.2. The standard InChI is InChI=1S/C13H7Cl2N3O3S2/c14-9-3-6(4-10(15)12(9)19)16-17-13-8-5-7(23(20)21)1-2-11(8)18-22-13/h1-5,19H,(H,20,21). The van der Waals surface area contributed by atoms with Crippen molar-refractivity contribution in [2.75, 3.05) is 0 Å². The van der Waals surface area contributed by atoms with E-state index in [4.69, 9.17) is 27.8 Å². The average molecular weight is 388 g/mol. The normalized spacial score (nSPS) is 13.0. The van der Waals surface area contributed by atoms with E-state index in [1.54, 1.807) is 12.1 Å². The second kappa shape index (κ2) is 6.50. The Morgan fingerprint density at radius 1 is 1.13 bits per heavy atom. The number of hydrogen-bond acceptors (Lipinski definition) is 6. The summed E-state index contributed by atoms with van der Waals surface area (Å²) in [5, 5.41) is 18.8. The van der Waals surface area contributed by atoms with Crippen molar-refractivity contribution in [3.05, 3.63) is 40.4 Å². The molecule has 0 aliphatic heterocycles. The molecule has 1 aromatic heterocycles. The van der Waals surface area contributed by atoms with Crippen molar-refractivity contribution in [2.45, 2.75) is 4.90 Å². The van der Waals surface area contributed by atoms with E-state index in [-0.39, 0.29) is 20.7 Å². The van der Waals surface area contributed by atoms with Crippen molar-refractivity contribution >= 4 is 67.4 Å². The van der Waals surface area contributed by atoms with Gasteiger partial charge in [-0.05, 0) is 41.9 Å². The molecule has 0 saturated carbocycles. The van der Waals surface area contributed by atoms with Crippen LogP contribution in [0.4, 0.5) is 10.7 Å². The van der Waals surface area contributed by atoms with Gasteiger partial charge in [-0.15, -0.1) is 10.2 Å². The summed E-state index contributed by atoms with van der Waals surface area (Å²) in [4.78, 5) is 0.255. The number of azo groups is 1. The van der Waals surface area contributed by atoms with Gasteiger partial charge in [-0.1, -0.05) is 23.2 Å². The minimum Gasteiger partial charge on any atom is -0.505 e. The lowest BCUT2D eigenvalue weighted by Crippen LogP contribution is -1.86. The average Bonchev–Trinajstić information content (AvgIpc) is 2.92. The molecule has 2 aromatic carbocycles. The molecule has 118 valence electrons. The molecule has 0 radical (unpaired) electrons. The highest BCUT2D eigenvalue weighted by Gasteiger charge is 2.10. The van der Waals surface area contributed by atoms with Crippen LogP contribution in [0.25, 0.3) is 10.9 Å². The molecule has 0 aliphatic carbocycles. The van der Waals surface area contributed by atoms with Gasteiger partial charge in [0.05, 0.1) is 26.1 Å². The Kier molecular flexibility index (Phi) is 4.60. The second-order valence-corrected chi connectivity index (χ2v) is 6.91. The molecule has 10 heteroatoms. The summed E-state index contributed by atoms with van der Waals surface area (Å²) < 4.78 is 24.5. The Morgan fingerprint density at radius 2 is 1.83 bits per heavy atom. The molecule has 2 N–H and O–H groups in total. The first-order valence-electron chi connectivity index (χ1n) is 6.06. The van der Waals surface area contributed by atoms with Gasteiger partial charge in [0.2, 0.25) is 0 Å². The van der Waals surface area contributed by atoms with E-state index < -0.39 is 11.1 Å². The molecule has 0 amide bonds. The minimum absolute atomic E-state index is 0.0681. The quantitative estimate of drug-likeness (QED) is 0.470. The van der Waals surface area contributed by atoms with Gasteiger partial charge in [0.15, 0.2) is 21.8 Å². The van der Waals surface area contributed by atoms with Crippen LogP contribution in [-0.4, -0.2) is 18.2 Å². The van der Waals surface area contributed by atoms with Crippen molar-refractivity contribution in [3.8, 4) is 5.75 Å². The van der Waals surface area contributed by atoms with Gasteiger partial charge < -0.3 is 9.66 Å². The number of phenolic OH excluding ortho intramolecular Hbond substituents is 1. The molecular formula is C13H7Cl2N3O3S2. The summed E-state index contributed by atoms with van der Waals surface area (Å²) in [6.45, 7) is 0. The van der Waals surface area contributed by atoms with E-state index >= 15 is 0 Å². The SMILES string of the molecule is O=S(O)c1ccc2nsc(N=Nc3cc(Cl)c(O)c(Cl)c3)c2c1. The maximum absolute atomic E-state index is 11.2. The van der Waals surface area contributed by atoms with Crippen LogP contribution >= 0.6 is 34.7 Å². The van der Waals surface area contributed by atoms with Crippen LogP contribution in [0.15, 0.2) is 45.5 Å². The van der Waals surface area contributed by atoms with E-state index in [0.717, 1.165) is 11.5 Å². The summed E-state index contributed by atoms with van der Waals surface area (Å²) in [6, 6.07) is 7.55. The van der Waals surface area contributed by atoms with Crippen molar-refractivity contribution < 1.29 is 13.9 Å². The van der Waals surface area contributed by atoms with Crippen LogP contribution in [-0.2, 0) is 11.1 Å². The van der Waals surface area contributed by atoms with Crippen LogP contribution in [0.1, 0.15) is 0 Å². The number of phenols is 1. The first-order valence-corrected chi connectivity index (χ1v) is 8.69. The Morgan fingerprint density at radius 3 is 2.48 bits per heavy atom. The van der Waals surface area contributed by atoms with Crippen molar-refractivity contribution in [3.63, 3.8) is 0 Å². The molecule has 1 unspecified atom stereocenters. The minimum atomic E-state index is -2.08. The summed E-state index contributed by atoms with van der Waals surface area (Å²) >= 11 is 10.7. The molecule has 0 saturated heterocycles. The van der Waals surface area contributed by atoms with Crippen molar-refractivity contribution in [2.24, 2.45) is 10.2 Å². The predicted molar refractivity (Wildman–Crippen MR) is 91.0 cm³/mol. The Balaban J connectivity index is 2.01. The molecular weight excluding hydrogens is 381 g/mol. The topological polar surface area (TPSA) is 95.1 Å². The van der Waals surface area contributed by atoms with E-state index in [0.29, 0.717) is 21.6 Å². The third kappa shape index (κ3) is 3.36. The Labute approximate surface area is 146 Å². The molecule has 6 nitrogen and oxygen atoms in total. The third-order valence-corrected chi connectivity index (χ3v) is 4.88. The van der Waals surface area contributed by atoms with Crippen LogP contribution in [0, 0.1) is 0 Å². The number of halogens is 2. The summed E-state index contributed by atoms with van der Waals surface area (Å²) in [5.41, 5.74) is 1.01. The molecule has 23 heavy (non-hydrogen) atoms. The van der Waals surface area contributed by atoms with Crippen LogP contribution in [0.5, 0.6) is 5.75 Å². The maximum Gasteiger partial charge on any atom is 0.186 e. The van der Waals surface area contributed by atoms with Crippen molar-refractivity contribution in [1.82, 2.24) is 4.37 Å². The zero-order valence-corrected chi connectivity index (χ0v) is 14.2. The van der Waals surface area contributed by atoms with Gasteiger partial charge in [0.25, 0.3) is 0 Å². The highest BCUT2D eigenvalue weighted by molar-refractivity contribution is 7.79. The number of aromatic nitrogens is 1. The van der Waals surface area contributed by atoms with Gasteiger partial charge in [-0.3, -0.25) is 0 Å². The van der Waals surface area contributed by atoms with Crippen LogP contribution < -0.4 is 0 Å². The number of rotatable bonds is 3. The largest absolute Gasteiger partial charge is 0.505 e. The number of aromatic hydroxyl groups is 1. The number of nitrogens with zero attached hydrogens (tertiary/aromatic N) is 3. The fourth-order valence-corrected chi connectivity index (χ4v) is 3.36. The van der Waals surface area contributed by atoms with E-state index in [1.165, 1.54) is 18.2 Å². The molecule has 0 spiro atoms. The lowest BCUT2D eigenvalue weighted by molar-refractivity contribution is 0.476. The summed E-state index contributed by atoms with van der Waals surface area (Å²) in [7, 11) is 0. The number of benzene rings is 2. The van der Waals surface area contributed by atoms with Gasteiger partial charge in [-0.25, -0.2) is 4.21 Å². The molecule has 1 heterocycles. The zero-order valence-electron chi connectivity index (χ0n) is 11.1. The Bertz CT molecular complexity index is 936. The fraction of sp³-hybridized carbons (Fsp3) is 0. The highest BCUT2D eigenvalue weighted by Crippen LogP contribution is 2.37. The highest BCUT2D eigenvalue weighted by atomic mass is 35.5. The monoisotopic (exact) mass is 387 g/mol. The fourth-order valence-electron chi connectivity index (χ4n) is 1.80. The molecule has 3 aromatic rings.